The highest BCUT2D eigenvalue weighted by atomic mass is 15.3. The zero-order valence-corrected chi connectivity index (χ0v) is 24.8. The molecule has 2 atom stereocenters. The van der Waals surface area contributed by atoms with Gasteiger partial charge < -0.3 is 4.90 Å². The lowest BCUT2D eigenvalue weighted by molar-refractivity contribution is 0.195. The zero-order chi connectivity index (χ0) is 28.5. The van der Waals surface area contributed by atoms with Crippen LogP contribution in [0.2, 0.25) is 0 Å². The van der Waals surface area contributed by atoms with Gasteiger partial charge in [0.2, 0.25) is 0 Å². The molecule has 2 unspecified atom stereocenters. The van der Waals surface area contributed by atoms with Gasteiger partial charge in [0.25, 0.3) is 0 Å². The van der Waals surface area contributed by atoms with Crippen molar-refractivity contribution in [1.82, 2.24) is 0 Å². The van der Waals surface area contributed by atoms with Crippen LogP contribution in [0, 0.1) is 6.92 Å². The second-order valence-corrected chi connectivity index (χ2v) is 12.9. The van der Waals surface area contributed by atoms with Crippen LogP contribution < -0.4 is 4.90 Å². The summed E-state index contributed by atoms with van der Waals surface area (Å²) < 4.78 is 0. The summed E-state index contributed by atoms with van der Waals surface area (Å²) in [6.45, 7) is 7.38. The summed E-state index contributed by atoms with van der Waals surface area (Å²) in [5.41, 5.74) is 11.0. The molecular weight excluding hydrogens is 506 g/mol. The van der Waals surface area contributed by atoms with Crippen molar-refractivity contribution < 1.29 is 0 Å². The van der Waals surface area contributed by atoms with E-state index in [1.165, 1.54) is 92.0 Å². The lowest BCUT2D eigenvalue weighted by atomic mass is 9.61. The van der Waals surface area contributed by atoms with Crippen LogP contribution in [0.4, 0.5) is 11.4 Å². The third kappa shape index (κ3) is 3.43. The zero-order valence-electron chi connectivity index (χ0n) is 24.8. The summed E-state index contributed by atoms with van der Waals surface area (Å²) in [6, 6.07) is 45.2. The summed E-state index contributed by atoms with van der Waals surface area (Å²) in [4.78, 5) is 2.69. The van der Waals surface area contributed by atoms with Crippen molar-refractivity contribution in [2.24, 2.45) is 0 Å². The molecule has 0 bridgehead atoms. The fourth-order valence-corrected chi connectivity index (χ4v) is 8.47. The Morgan fingerprint density at radius 3 is 1.71 bits per heavy atom. The highest BCUT2D eigenvalue weighted by Crippen LogP contribution is 2.62. The Hall–Kier alpha value is -4.36. The van der Waals surface area contributed by atoms with Crippen LogP contribution in [-0.4, -0.2) is 5.54 Å². The number of para-hydroxylation sites is 1. The fourth-order valence-electron chi connectivity index (χ4n) is 8.47. The van der Waals surface area contributed by atoms with Crippen LogP contribution in [0.25, 0.3) is 43.8 Å². The quantitative estimate of drug-likeness (QED) is 0.201. The van der Waals surface area contributed by atoms with Gasteiger partial charge in [0.15, 0.2) is 0 Å². The molecule has 42 heavy (non-hydrogen) atoms. The van der Waals surface area contributed by atoms with Crippen LogP contribution in [0.1, 0.15) is 50.7 Å². The van der Waals surface area contributed by atoms with E-state index in [2.05, 4.69) is 147 Å². The minimum Gasteiger partial charge on any atom is -0.334 e. The first-order chi connectivity index (χ1) is 20.5. The maximum absolute atomic E-state index is 2.69. The SMILES string of the molecule is Cc1cc2c(cc1-c1c3ccccc3c(-c3ccccc3)c3ccccc13)C1(C)CCCCC1(C)N2c1ccccc1. The van der Waals surface area contributed by atoms with Crippen molar-refractivity contribution in [3.63, 3.8) is 0 Å². The Balaban J connectivity index is 1.45. The molecule has 6 aromatic rings. The van der Waals surface area contributed by atoms with Crippen LogP contribution >= 0.6 is 0 Å². The molecule has 0 aromatic heterocycles. The van der Waals surface area contributed by atoms with Crippen molar-refractivity contribution in [3.8, 4) is 22.3 Å². The predicted molar refractivity (Wildman–Crippen MR) is 180 cm³/mol. The molecule has 1 heterocycles. The predicted octanol–water partition coefficient (Wildman–Crippen LogP) is 11.4. The third-order valence-electron chi connectivity index (χ3n) is 10.7. The smallest absolute Gasteiger partial charge is 0.0517 e. The van der Waals surface area contributed by atoms with E-state index < -0.39 is 0 Å². The van der Waals surface area contributed by atoms with Gasteiger partial charge in [-0.1, -0.05) is 117 Å². The van der Waals surface area contributed by atoms with Gasteiger partial charge in [-0.15, -0.1) is 0 Å². The van der Waals surface area contributed by atoms with Crippen molar-refractivity contribution in [2.75, 3.05) is 4.90 Å². The standard InChI is InChI=1S/C41H37N/c1-28-26-37-36(40(2)24-14-15-25-41(40,3)42(37)30-18-8-5-9-19-30)27-35(28)39-33-22-12-10-20-31(33)38(29-16-6-4-7-17-29)32-21-11-13-23-34(32)39/h4-13,16-23,26-27H,14-15,24-25H2,1-3H3. The topological polar surface area (TPSA) is 3.24 Å². The Labute approximate surface area is 249 Å². The number of nitrogens with zero attached hydrogens (tertiary/aromatic N) is 1. The first-order valence-corrected chi connectivity index (χ1v) is 15.5. The molecule has 8 rings (SSSR count). The molecule has 1 saturated carbocycles. The molecule has 0 spiro atoms. The van der Waals surface area contributed by atoms with E-state index in [0.29, 0.717) is 0 Å². The number of benzene rings is 6. The average molecular weight is 544 g/mol. The van der Waals surface area contributed by atoms with E-state index in [1.807, 2.05) is 0 Å². The van der Waals surface area contributed by atoms with E-state index in [-0.39, 0.29) is 11.0 Å². The van der Waals surface area contributed by atoms with Gasteiger partial charge >= 0.3 is 0 Å². The van der Waals surface area contributed by atoms with Gasteiger partial charge in [-0.2, -0.15) is 0 Å². The number of anilines is 2. The van der Waals surface area contributed by atoms with Gasteiger partial charge in [0.1, 0.15) is 0 Å². The van der Waals surface area contributed by atoms with Gasteiger partial charge in [0.05, 0.1) is 5.54 Å². The molecule has 206 valence electrons. The molecule has 2 aliphatic rings. The highest BCUT2D eigenvalue weighted by molar-refractivity contribution is 6.21. The lowest BCUT2D eigenvalue weighted by Gasteiger charge is -2.50. The van der Waals surface area contributed by atoms with Crippen LogP contribution in [0.3, 0.4) is 0 Å². The Morgan fingerprint density at radius 1 is 0.571 bits per heavy atom. The summed E-state index contributed by atoms with van der Waals surface area (Å²) in [7, 11) is 0. The number of hydrogen-bond donors (Lipinski definition) is 0. The molecule has 1 nitrogen and oxygen atoms in total. The highest BCUT2D eigenvalue weighted by Gasteiger charge is 2.57. The first kappa shape index (κ1) is 25.4. The number of fused-ring (bicyclic) bond motifs is 5. The number of hydrogen-bond acceptors (Lipinski definition) is 1. The molecule has 0 amide bonds. The van der Waals surface area contributed by atoms with Crippen LogP contribution in [0.15, 0.2) is 121 Å². The summed E-state index contributed by atoms with van der Waals surface area (Å²) in [5, 5.41) is 5.29. The third-order valence-corrected chi connectivity index (χ3v) is 10.7. The van der Waals surface area contributed by atoms with Gasteiger partial charge in [-0.25, -0.2) is 0 Å². The van der Waals surface area contributed by atoms with E-state index in [4.69, 9.17) is 0 Å². The maximum Gasteiger partial charge on any atom is 0.0517 e. The summed E-state index contributed by atoms with van der Waals surface area (Å²) >= 11 is 0. The Bertz CT molecular complexity index is 1920. The number of aryl methyl sites for hydroxylation is 1. The van der Waals surface area contributed by atoms with E-state index in [0.717, 1.165) is 0 Å². The van der Waals surface area contributed by atoms with Crippen LogP contribution in [-0.2, 0) is 5.41 Å². The normalized spacial score (nSPS) is 21.5. The molecular formula is C41H37N. The van der Waals surface area contributed by atoms with Crippen molar-refractivity contribution in [1.29, 1.82) is 0 Å². The van der Waals surface area contributed by atoms with Gasteiger partial charge in [-0.05, 0) is 106 Å². The van der Waals surface area contributed by atoms with Gasteiger partial charge in [0, 0.05) is 16.8 Å². The van der Waals surface area contributed by atoms with E-state index in [1.54, 1.807) is 0 Å². The fraction of sp³-hybridized carbons (Fsp3) is 0.220. The molecule has 1 aliphatic carbocycles. The van der Waals surface area contributed by atoms with Crippen LogP contribution in [0.5, 0.6) is 0 Å². The lowest BCUT2D eigenvalue weighted by Crippen LogP contribution is -2.54. The Kier molecular flexibility index (Phi) is 5.63. The molecule has 0 N–H and O–H groups in total. The number of rotatable bonds is 3. The minimum absolute atomic E-state index is 0.0430. The second kappa shape index (κ2) is 9.33. The molecule has 6 aromatic carbocycles. The molecule has 0 saturated heterocycles. The largest absolute Gasteiger partial charge is 0.334 e. The molecule has 1 heteroatoms. The Morgan fingerprint density at radius 2 is 1.10 bits per heavy atom. The summed E-state index contributed by atoms with van der Waals surface area (Å²) in [6.07, 6.45) is 5.00. The molecule has 0 radical (unpaired) electrons. The van der Waals surface area contributed by atoms with Gasteiger partial charge in [-0.3, -0.25) is 0 Å². The van der Waals surface area contributed by atoms with E-state index in [9.17, 15) is 0 Å². The van der Waals surface area contributed by atoms with E-state index >= 15 is 0 Å². The minimum atomic E-state index is 0.0430. The van der Waals surface area contributed by atoms with Crippen molar-refractivity contribution in [3.05, 3.63) is 132 Å². The first-order valence-electron chi connectivity index (χ1n) is 15.5. The van der Waals surface area contributed by atoms with Crippen molar-refractivity contribution in [2.45, 2.75) is 57.4 Å². The average Bonchev–Trinajstić information content (AvgIpc) is 3.22. The second-order valence-electron chi connectivity index (χ2n) is 12.9. The van der Waals surface area contributed by atoms with Crippen molar-refractivity contribution >= 4 is 32.9 Å². The molecule has 1 aliphatic heterocycles. The molecule has 1 fully saturated rings. The summed E-state index contributed by atoms with van der Waals surface area (Å²) in [5.74, 6) is 0. The maximum atomic E-state index is 2.69. The monoisotopic (exact) mass is 543 g/mol.